The van der Waals surface area contributed by atoms with Gasteiger partial charge in [-0.1, -0.05) is 27.2 Å². The van der Waals surface area contributed by atoms with Gasteiger partial charge in [0.1, 0.15) is 5.78 Å². The molecule has 0 aliphatic carbocycles. The zero-order valence-corrected chi connectivity index (χ0v) is 7.63. The second-order valence-corrected chi connectivity index (χ2v) is 2.96. The van der Waals surface area contributed by atoms with Gasteiger partial charge in [-0.25, -0.2) is 0 Å². The van der Waals surface area contributed by atoms with Crippen molar-refractivity contribution >= 4 is 5.78 Å². The minimum absolute atomic E-state index is 0.158. The Balaban J connectivity index is 3.80. The van der Waals surface area contributed by atoms with Gasteiger partial charge in [0.2, 0.25) is 0 Å². The maximum absolute atomic E-state index is 11.1. The summed E-state index contributed by atoms with van der Waals surface area (Å²) >= 11 is 0. The van der Waals surface area contributed by atoms with Crippen molar-refractivity contribution in [2.45, 2.75) is 46.1 Å². The lowest BCUT2D eigenvalue weighted by Gasteiger charge is -2.15. The summed E-state index contributed by atoms with van der Waals surface area (Å²) in [4.78, 5) is 11.1. The summed E-state index contributed by atoms with van der Waals surface area (Å²) < 4.78 is 0. The van der Waals surface area contributed by atoms with Gasteiger partial charge in [-0.05, 0) is 6.42 Å². The molecule has 0 aromatic heterocycles. The van der Waals surface area contributed by atoms with E-state index in [2.05, 4.69) is 0 Å². The summed E-state index contributed by atoms with van der Waals surface area (Å²) in [5.74, 6) is -0.0223. The van der Waals surface area contributed by atoms with E-state index in [4.69, 9.17) is 0 Å². The first-order chi connectivity index (χ1) is 5.13. The highest BCUT2D eigenvalue weighted by molar-refractivity contribution is 5.80. The Labute approximate surface area is 68.6 Å². The predicted octanol–water partition coefficient (Wildman–Crippen LogP) is 1.76. The second kappa shape index (κ2) is 5.30. The first-order valence-electron chi connectivity index (χ1n) is 4.34. The van der Waals surface area contributed by atoms with Crippen molar-refractivity contribution in [3.63, 3.8) is 0 Å². The number of carbonyl (C=O) groups is 1. The zero-order valence-electron chi connectivity index (χ0n) is 7.63. The average molecular weight is 158 g/mol. The zero-order chi connectivity index (χ0) is 8.85. The van der Waals surface area contributed by atoms with Crippen LogP contribution in [0.15, 0.2) is 0 Å². The maximum Gasteiger partial charge on any atom is 0.138 e. The molecule has 0 heterocycles. The Hall–Kier alpha value is -0.370. The van der Waals surface area contributed by atoms with Crippen LogP contribution in [0.25, 0.3) is 0 Å². The lowest BCUT2D eigenvalue weighted by Crippen LogP contribution is -2.24. The fourth-order valence-corrected chi connectivity index (χ4v) is 1.08. The number of rotatable bonds is 5. The van der Waals surface area contributed by atoms with E-state index in [1.807, 2.05) is 13.8 Å². The fourth-order valence-electron chi connectivity index (χ4n) is 1.08. The van der Waals surface area contributed by atoms with Crippen LogP contribution in [0.4, 0.5) is 0 Å². The molecule has 0 radical (unpaired) electrons. The molecule has 2 nitrogen and oxygen atoms in total. The van der Waals surface area contributed by atoms with E-state index in [-0.39, 0.29) is 11.7 Å². The van der Waals surface area contributed by atoms with E-state index in [0.29, 0.717) is 6.42 Å². The van der Waals surface area contributed by atoms with Crippen LogP contribution in [0.2, 0.25) is 0 Å². The van der Waals surface area contributed by atoms with Gasteiger partial charge < -0.3 is 5.11 Å². The van der Waals surface area contributed by atoms with Gasteiger partial charge in [0.05, 0.1) is 6.10 Å². The number of aliphatic hydroxyl groups is 1. The Kier molecular flexibility index (Phi) is 5.12. The first-order valence-corrected chi connectivity index (χ1v) is 4.34. The third kappa shape index (κ3) is 3.51. The normalized spacial score (nSPS) is 16.0. The minimum atomic E-state index is -0.438. The molecule has 0 fully saturated rings. The predicted molar refractivity (Wildman–Crippen MR) is 45.4 cm³/mol. The molecule has 2 heteroatoms. The largest absolute Gasteiger partial charge is 0.392 e. The van der Waals surface area contributed by atoms with Crippen molar-refractivity contribution in [3.05, 3.63) is 0 Å². The van der Waals surface area contributed by atoms with Crippen LogP contribution in [0.3, 0.4) is 0 Å². The molecule has 0 aliphatic heterocycles. The van der Waals surface area contributed by atoms with Gasteiger partial charge in [0.15, 0.2) is 0 Å². The van der Waals surface area contributed by atoms with Crippen molar-refractivity contribution in [2.24, 2.45) is 5.92 Å². The number of Topliss-reactive ketones (excluding diaryl/α,β-unsaturated/α-hetero) is 1. The van der Waals surface area contributed by atoms with Crippen LogP contribution >= 0.6 is 0 Å². The Morgan fingerprint density at radius 2 is 2.00 bits per heavy atom. The molecule has 1 N–H and O–H groups in total. The summed E-state index contributed by atoms with van der Waals surface area (Å²) in [7, 11) is 0. The Bertz CT molecular complexity index is 121. The number of aliphatic hydroxyl groups excluding tert-OH is 1. The molecule has 0 bridgehead atoms. The average Bonchev–Trinajstić information content (AvgIpc) is 2.02. The van der Waals surface area contributed by atoms with Crippen LogP contribution in [0.5, 0.6) is 0 Å². The summed E-state index contributed by atoms with van der Waals surface area (Å²) in [5.41, 5.74) is 0. The van der Waals surface area contributed by atoms with Crippen LogP contribution in [0, 0.1) is 5.92 Å². The highest BCUT2D eigenvalue weighted by Gasteiger charge is 2.18. The minimum Gasteiger partial charge on any atom is -0.392 e. The summed E-state index contributed by atoms with van der Waals surface area (Å²) in [5, 5.41) is 9.40. The molecule has 2 atom stereocenters. The maximum atomic E-state index is 11.1. The van der Waals surface area contributed by atoms with Gasteiger partial charge >= 0.3 is 0 Å². The summed E-state index contributed by atoms with van der Waals surface area (Å²) in [6.07, 6.45) is 1.75. The number of hydrogen-bond acceptors (Lipinski definition) is 2. The van der Waals surface area contributed by atoms with E-state index in [9.17, 15) is 9.90 Å². The third-order valence-electron chi connectivity index (χ3n) is 2.02. The Morgan fingerprint density at radius 3 is 2.36 bits per heavy atom. The Morgan fingerprint density at radius 1 is 1.45 bits per heavy atom. The molecule has 0 amide bonds. The summed E-state index contributed by atoms with van der Waals surface area (Å²) in [6.45, 7) is 5.63. The highest BCUT2D eigenvalue weighted by atomic mass is 16.3. The highest BCUT2D eigenvalue weighted by Crippen LogP contribution is 2.11. The molecule has 11 heavy (non-hydrogen) atoms. The lowest BCUT2D eigenvalue weighted by atomic mass is 9.95. The molecule has 0 saturated heterocycles. The molecule has 0 aliphatic rings. The van der Waals surface area contributed by atoms with Gasteiger partial charge in [0.25, 0.3) is 0 Å². The molecular formula is C9H18O2. The number of ketones is 1. The molecule has 0 unspecified atom stereocenters. The lowest BCUT2D eigenvalue weighted by molar-refractivity contribution is -0.125. The standard InChI is InChI=1S/C9H18O2/c1-4-6-9(11)7(3)8(10)5-2/h7,9,11H,4-6H2,1-3H3/t7-,9-/m1/s1. The smallest absolute Gasteiger partial charge is 0.138 e. The van der Waals surface area contributed by atoms with Gasteiger partial charge in [0, 0.05) is 12.3 Å². The number of carbonyl (C=O) groups excluding carboxylic acids is 1. The molecule has 0 saturated carbocycles. The van der Waals surface area contributed by atoms with Crippen LogP contribution < -0.4 is 0 Å². The van der Waals surface area contributed by atoms with E-state index in [1.165, 1.54) is 0 Å². The summed E-state index contributed by atoms with van der Waals surface area (Å²) in [6, 6.07) is 0. The fraction of sp³-hybridized carbons (Fsp3) is 0.889. The van der Waals surface area contributed by atoms with Gasteiger partial charge in [-0.15, -0.1) is 0 Å². The SMILES string of the molecule is CCC[C@@H](O)[C@H](C)C(=O)CC. The molecule has 0 aromatic carbocycles. The van der Waals surface area contributed by atoms with E-state index in [0.717, 1.165) is 12.8 Å². The second-order valence-electron chi connectivity index (χ2n) is 2.96. The quantitative estimate of drug-likeness (QED) is 0.662. The first kappa shape index (κ1) is 10.6. The third-order valence-corrected chi connectivity index (χ3v) is 2.02. The monoisotopic (exact) mass is 158 g/mol. The van der Waals surface area contributed by atoms with Crippen molar-refractivity contribution in [3.8, 4) is 0 Å². The van der Waals surface area contributed by atoms with E-state index >= 15 is 0 Å². The van der Waals surface area contributed by atoms with Crippen LogP contribution in [-0.2, 0) is 4.79 Å². The van der Waals surface area contributed by atoms with E-state index < -0.39 is 6.10 Å². The molecule has 0 rings (SSSR count). The molecular weight excluding hydrogens is 140 g/mol. The van der Waals surface area contributed by atoms with E-state index in [1.54, 1.807) is 6.92 Å². The van der Waals surface area contributed by atoms with Crippen molar-refractivity contribution < 1.29 is 9.90 Å². The van der Waals surface area contributed by atoms with Crippen LogP contribution in [0.1, 0.15) is 40.0 Å². The van der Waals surface area contributed by atoms with Gasteiger partial charge in [-0.3, -0.25) is 4.79 Å². The molecule has 66 valence electrons. The van der Waals surface area contributed by atoms with Crippen molar-refractivity contribution in [1.82, 2.24) is 0 Å². The topological polar surface area (TPSA) is 37.3 Å². The van der Waals surface area contributed by atoms with Crippen LogP contribution in [-0.4, -0.2) is 17.0 Å². The molecule has 0 aromatic rings. The van der Waals surface area contributed by atoms with Crippen molar-refractivity contribution in [2.75, 3.05) is 0 Å². The van der Waals surface area contributed by atoms with Gasteiger partial charge in [-0.2, -0.15) is 0 Å². The molecule has 0 spiro atoms. The van der Waals surface area contributed by atoms with Crippen molar-refractivity contribution in [1.29, 1.82) is 0 Å². The number of hydrogen-bond donors (Lipinski definition) is 1.